The van der Waals surface area contributed by atoms with E-state index < -0.39 is 0 Å². The Morgan fingerprint density at radius 3 is 2.04 bits per heavy atom. The summed E-state index contributed by atoms with van der Waals surface area (Å²) in [5.41, 5.74) is 6.66. The van der Waals surface area contributed by atoms with Crippen molar-refractivity contribution < 1.29 is 0 Å². The van der Waals surface area contributed by atoms with E-state index in [1.165, 1.54) is 49.4 Å². The molecule has 0 heteroatoms. The Morgan fingerprint density at radius 1 is 0.667 bits per heavy atom. The first-order valence-corrected chi connectivity index (χ1v) is 8.38. The van der Waals surface area contributed by atoms with Gasteiger partial charge in [0.05, 0.1) is 0 Å². The summed E-state index contributed by atoms with van der Waals surface area (Å²) in [5.74, 6) is 0. The average Bonchev–Trinajstić information content (AvgIpc) is 3.00. The fourth-order valence-electron chi connectivity index (χ4n) is 3.91. The van der Waals surface area contributed by atoms with Crippen LogP contribution in [0, 0.1) is 6.42 Å². The first kappa shape index (κ1) is 13.6. The van der Waals surface area contributed by atoms with Gasteiger partial charge in [-0.15, -0.1) is 0 Å². The number of rotatable bonds is 1. The standard InChI is InChI=1S/C24H17/c1-16-13-17-9-6-12-22(23(17)14-16)24-20-10-4-2-7-18(20)15-19-8-3-5-11-21(19)24/h2-15H,1H3. The van der Waals surface area contributed by atoms with Crippen LogP contribution in [0.1, 0.15) is 18.1 Å². The smallest absolute Gasteiger partial charge is 0.0161 e. The largest absolute Gasteiger partial charge is 0.0642 e. The van der Waals surface area contributed by atoms with Crippen LogP contribution in [0.25, 0.3) is 38.7 Å². The van der Waals surface area contributed by atoms with E-state index in [0.717, 1.165) is 0 Å². The zero-order valence-electron chi connectivity index (χ0n) is 13.6. The molecule has 1 aliphatic rings. The van der Waals surface area contributed by atoms with Gasteiger partial charge in [0.2, 0.25) is 0 Å². The van der Waals surface area contributed by atoms with Gasteiger partial charge < -0.3 is 0 Å². The van der Waals surface area contributed by atoms with E-state index in [9.17, 15) is 0 Å². The molecule has 0 saturated heterocycles. The van der Waals surface area contributed by atoms with Crippen LogP contribution >= 0.6 is 0 Å². The predicted molar refractivity (Wildman–Crippen MR) is 104 cm³/mol. The molecule has 0 aliphatic heterocycles. The Kier molecular flexibility index (Phi) is 2.87. The van der Waals surface area contributed by atoms with Crippen LogP contribution in [0.2, 0.25) is 0 Å². The van der Waals surface area contributed by atoms with E-state index in [4.69, 9.17) is 0 Å². The van der Waals surface area contributed by atoms with Crippen molar-refractivity contribution >= 4 is 27.6 Å². The molecule has 113 valence electrons. The van der Waals surface area contributed by atoms with E-state index >= 15 is 0 Å². The monoisotopic (exact) mass is 305 g/mol. The van der Waals surface area contributed by atoms with Gasteiger partial charge in [-0.25, -0.2) is 0 Å². The van der Waals surface area contributed by atoms with Crippen LogP contribution in [0.4, 0.5) is 0 Å². The highest BCUT2D eigenvalue weighted by atomic mass is 14.2. The van der Waals surface area contributed by atoms with E-state index in [1.54, 1.807) is 0 Å². The normalized spacial score (nSPS) is 13.3. The van der Waals surface area contributed by atoms with Crippen molar-refractivity contribution in [3.8, 4) is 11.1 Å². The highest BCUT2D eigenvalue weighted by Gasteiger charge is 2.17. The Labute approximate surface area is 142 Å². The molecule has 0 aromatic heterocycles. The molecule has 0 fully saturated rings. The number of benzene rings is 4. The summed E-state index contributed by atoms with van der Waals surface area (Å²) in [6.07, 6.45) is 4.58. The minimum atomic E-state index is 1.30. The molecule has 0 nitrogen and oxygen atoms in total. The molecule has 4 aromatic carbocycles. The number of hydrogen-bond donors (Lipinski definition) is 0. The summed E-state index contributed by atoms with van der Waals surface area (Å²) in [5, 5.41) is 5.24. The minimum Gasteiger partial charge on any atom is -0.0642 e. The number of fused-ring (bicyclic) bond motifs is 3. The third kappa shape index (κ3) is 1.93. The van der Waals surface area contributed by atoms with Crippen molar-refractivity contribution in [3.05, 3.63) is 95.9 Å². The SMILES string of the molecule is CC1=Cc2c(cccc2-c2c3ccccc3cc3ccccc23)[CH]1. The topological polar surface area (TPSA) is 0 Å². The Morgan fingerprint density at radius 2 is 1.33 bits per heavy atom. The summed E-state index contributed by atoms with van der Waals surface area (Å²) in [4.78, 5) is 0. The second-order valence-electron chi connectivity index (χ2n) is 6.54. The summed E-state index contributed by atoms with van der Waals surface area (Å²) < 4.78 is 0. The van der Waals surface area contributed by atoms with Crippen LogP contribution in [-0.4, -0.2) is 0 Å². The first-order chi connectivity index (χ1) is 11.8. The summed E-state index contributed by atoms with van der Waals surface area (Å²) >= 11 is 0. The predicted octanol–water partition coefficient (Wildman–Crippen LogP) is 6.63. The van der Waals surface area contributed by atoms with E-state index in [-0.39, 0.29) is 0 Å². The molecule has 0 amide bonds. The molecule has 1 aliphatic carbocycles. The molecule has 0 atom stereocenters. The van der Waals surface area contributed by atoms with Crippen LogP contribution in [0.15, 0.2) is 78.4 Å². The average molecular weight is 305 g/mol. The maximum absolute atomic E-state index is 2.31. The lowest BCUT2D eigenvalue weighted by Gasteiger charge is -2.15. The van der Waals surface area contributed by atoms with Gasteiger partial charge in [-0.05, 0) is 56.8 Å². The molecule has 5 rings (SSSR count). The molecule has 1 radical (unpaired) electrons. The summed E-state index contributed by atoms with van der Waals surface area (Å²) in [6.45, 7) is 2.17. The van der Waals surface area contributed by atoms with Gasteiger partial charge >= 0.3 is 0 Å². The second kappa shape index (κ2) is 5.07. The van der Waals surface area contributed by atoms with Gasteiger partial charge in [0.25, 0.3) is 0 Å². The minimum absolute atomic E-state index is 1.30. The van der Waals surface area contributed by atoms with Crippen molar-refractivity contribution in [2.75, 3.05) is 0 Å². The van der Waals surface area contributed by atoms with E-state index in [0.29, 0.717) is 0 Å². The second-order valence-corrected chi connectivity index (χ2v) is 6.54. The molecule has 0 N–H and O–H groups in total. The zero-order chi connectivity index (χ0) is 16.1. The van der Waals surface area contributed by atoms with Crippen LogP contribution < -0.4 is 0 Å². The van der Waals surface area contributed by atoms with Gasteiger partial charge in [0.15, 0.2) is 0 Å². The molecule has 0 spiro atoms. The van der Waals surface area contributed by atoms with Gasteiger partial charge in [-0.2, -0.15) is 0 Å². The molecular weight excluding hydrogens is 288 g/mol. The zero-order valence-corrected chi connectivity index (χ0v) is 13.6. The Bertz CT molecular complexity index is 1080. The summed E-state index contributed by atoms with van der Waals surface area (Å²) in [6, 6.07) is 26.4. The van der Waals surface area contributed by atoms with E-state index in [2.05, 4.69) is 92.2 Å². The van der Waals surface area contributed by atoms with Crippen molar-refractivity contribution in [3.63, 3.8) is 0 Å². The maximum atomic E-state index is 2.31. The lowest BCUT2D eigenvalue weighted by atomic mass is 9.89. The van der Waals surface area contributed by atoms with Crippen molar-refractivity contribution in [1.82, 2.24) is 0 Å². The van der Waals surface area contributed by atoms with Gasteiger partial charge in [-0.1, -0.05) is 78.4 Å². The molecule has 24 heavy (non-hydrogen) atoms. The third-order valence-corrected chi connectivity index (χ3v) is 4.94. The molecule has 4 aromatic rings. The van der Waals surface area contributed by atoms with Gasteiger partial charge in [0, 0.05) is 6.42 Å². The Hall–Kier alpha value is -2.86. The van der Waals surface area contributed by atoms with Gasteiger partial charge in [0.1, 0.15) is 0 Å². The molecular formula is C24H17. The van der Waals surface area contributed by atoms with Crippen molar-refractivity contribution in [1.29, 1.82) is 0 Å². The first-order valence-electron chi connectivity index (χ1n) is 8.38. The fraction of sp³-hybridized carbons (Fsp3) is 0.0417. The van der Waals surface area contributed by atoms with Crippen LogP contribution in [0.5, 0.6) is 0 Å². The fourth-order valence-corrected chi connectivity index (χ4v) is 3.91. The summed E-state index contributed by atoms with van der Waals surface area (Å²) in [7, 11) is 0. The number of allylic oxidation sites excluding steroid dienone is 1. The maximum Gasteiger partial charge on any atom is 0.0161 e. The Balaban J connectivity index is 1.98. The molecule has 0 saturated carbocycles. The molecule has 0 heterocycles. The van der Waals surface area contributed by atoms with E-state index in [1.807, 2.05) is 0 Å². The lowest BCUT2D eigenvalue weighted by molar-refractivity contribution is 1.45. The van der Waals surface area contributed by atoms with Crippen molar-refractivity contribution in [2.24, 2.45) is 0 Å². The van der Waals surface area contributed by atoms with Crippen LogP contribution in [-0.2, 0) is 0 Å². The number of hydrogen-bond acceptors (Lipinski definition) is 0. The van der Waals surface area contributed by atoms with Gasteiger partial charge in [-0.3, -0.25) is 0 Å². The van der Waals surface area contributed by atoms with Crippen molar-refractivity contribution in [2.45, 2.75) is 6.92 Å². The highest BCUT2D eigenvalue weighted by molar-refractivity contribution is 6.14. The third-order valence-electron chi connectivity index (χ3n) is 4.94. The molecule has 0 bridgehead atoms. The van der Waals surface area contributed by atoms with Crippen LogP contribution in [0.3, 0.4) is 0 Å². The quantitative estimate of drug-likeness (QED) is 0.346. The highest BCUT2D eigenvalue weighted by Crippen LogP contribution is 2.41. The molecule has 0 unspecified atom stereocenters. The lowest BCUT2D eigenvalue weighted by Crippen LogP contribution is -1.90.